The number of carbonyl (C=O) groups excluding carboxylic acids is 2. The molecule has 1 fully saturated rings. The van der Waals surface area contributed by atoms with Gasteiger partial charge in [0.2, 0.25) is 10.0 Å². The van der Waals surface area contributed by atoms with Gasteiger partial charge >= 0.3 is 11.8 Å². The molecule has 1 aromatic heterocycles. The number of halogens is 1. The monoisotopic (exact) mass is 436 g/mol. The Labute approximate surface area is 173 Å². The molecule has 0 aliphatic carbocycles. The van der Waals surface area contributed by atoms with Gasteiger partial charge in [0.1, 0.15) is 12.0 Å². The van der Waals surface area contributed by atoms with Gasteiger partial charge in [-0.3, -0.25) is 14.6 Å². The number of hydrogen-bond acceptors (Lipinski definition) is 6. The van der Waals surface area contributed by atoms with Crippen LogP contribution in [-0.4, -0.2) is 55.4 Å². The van der Waals surface area contributed by atoms with Crippen molar-refractivity contribution in [3.05, 3.63) is 60.2 Å². The lowest BCUT2D eigenvalue weighted by Crippen LogP contribution is -2.53. The van der Waals surface area contributed by atoms with E-state index in [1.165, 1.54) is 12.1 Å². The van der Waals surface area contributed by atoms with Gasteiger partial charge < -0.3 is 15.4 Å². The van der Waals surface area contributed by atoms with E-state index in [4.69, 9.17) is 4.74 Å². The highest BCUT2D eigenvalue weighted by Gasteiger charge is 2.34. The molecule has 2 aromatic rings. The van der Waals surface area contributed by atoms with Gasteiger partial charge in [-0.15, -0.1) is 0 Å². The van der Waals surface area contributed by atoms with Crippen molar-refractivity contribution in [3.63, 3.8) is 0 Å². The van der Waals surface area contributed by atoms with E-state index in [9.17, 15) is 22.4 Å². The van der Waals surface area contributed by atoms with E-state index in [1.807, 2.05) is 0 Å². The summed E-state index contributed by atoms with van der Waals surface area (Å²) >= 11 is 0. The molecule has 160 valence electrons. The third-order valence-corrected chi connectivity index (χ3v) is 6.30. The van der Waals surface area contributed by atoms with Crippen LogP contribution in [0.15, 0.2) is 53.7 Å². The van der Waals surface area contributed by atoms with E-state index in [0.29, 0.717) is 13.0 Å². The first-order valence-corrected chi connectivity index (χ1v) is 10.7. The van der Waals surface area contributed by atoms with Crippen molar-refractivity contribution in [2.24, 2.45) is 0 Å². The second-order valence-electron chi connectivity index (χ2n) is 6.50. The number of rotatable bonds is 6. The van der Waals surface area contributed by atoms with Crippen molar-refractivity contribution < 1.29 is 27.1 Å². The van der Waals surface area contributed by atoms with Crippen molar-refractivity contribution in [1.82, 2.24) is 19.9 Å². The molecule has 0 unspecified atom stereocenters. The van der Waals surface area contributed by atoms with Crippen molar-refractivity contribution in [1.29, 1.82) is 0 Å². The summed E-state index contributed by atoms with van der Waals surface area (Å²) in [5, 5.41) is 4.85. The highest BCUT2D eigenvalue weighted by molar-refractivity contribution is 7.89. The normalized spacial score (nSPS) is 17.3. The smallest absolute Gasteiger partial charge is 0.309 e. The third-order valence-electron chi connectivity index (χ3n) is 4.39. The van der Waals surface area contributed by atoms with Crippen LogP contribution in [-0.2, 0) is 30.9 Å². The second-order valence-corrected chi connectivity index (χ2v) is 8.39. The van der Waals surface area contributed by atoms with Crippen molar-refractivity contribution in [3.8, 4) is 0 Å². The topological polar surface area (TPSA) is 118 Å². The Kier molecular flexibility index (Phi) is 7.08. The van der Waals surface area contributed by atoms with Crippen molar-refractivity contribution in [2.75, 3.05) is 19.7 Å². The summed E-state index contributed by atoms with van der Waals surface area (Å²) in [5.74, 6) is -2.32. The molecule has 2 heterocycles. The Morgan fingerprint density at radius 2 is 1.90 bits per heavy atom. The maximum absolute atomic E-state index is 13.1. The van der Waals surface area contributed by atoms with E-state index in [2.05, 4.69) is 15.6 Å². The van der Waals surface area contributed by atoms with Crippen LogP contribution < -0.4 is 10.6 Å². The van der Waals surface area contributed by atoms with Crippen molar-refractivity contribution >= 4 is 21.8 Å². The predicted octanol–water partition coefficient (Wildman–Crippen LogP) is 0.390. The zero-order valence-electron chi connectivity index (χ0n) is 16.0. The zero-order chi connectivity index (χ0) is 21.6. The third kappa shape index (κ3) is 5.38. The molecule has 1 aliphatic rings. The summed E-state index contributed by atoms with van der Waals surface area (Å²) in [7, 11) is -3.96. The predicted molar refractivity (Wildman–Crippen MR) is 104 cm³/mol. The van der Waals surface area contributed by atoms with Crippen LogP contribution in [0.4, 0.5) is 4.39 Å². The molecule has 3 rings (SSSR count). The summed E-state index contributed by atoms with van der Waals surface area (Å²) < 4.78 is 45.5. The van der Waals surface area contributed by atoms with Crippen LogP contribution in [0.2, 0.25) is 0 Å². The molecule has 0 spiro atoms. The number of ether oxygens (including phenoxy) is 1. The Morgan fingerprint density at radius 3 is 2.60 bits per heavy atom. The van der Waals surface area contributed by atoms with Gasteiger partial charge in [-0.25, -0.2) is 12.8 Å². The lowest BCUT2D eigenvalue weighted by Gasteiger charge is -2.34. The second kappa shape index (κ2) is 9.74. The van der Waals surface area contributed by atoms with Crippen LogP contribution in [0.25, 0.3) is 0 Å². The average Bonchev–Trinajstić information content (AvgIpc) is 2.77. The van der Waals surface area contributed by atoms with Gasteiger partial charge in [0.25, 0.3) is 0 Å². The number of nitrogens with one attached hydrogen (secondary N) is 2. The largest absolute Gasteiger partial charge is 0.360 e. The first-order chi connectivity index (χ1) is 14.4. The van der Waals surface area contributed by atoms with E-state index < -0.39 is 33.9 Å². The molecule has 2 amide bonds. The molecule has 1 atom stereocenters. The van der Waals surface area contributed by atoms with Crippen LogP contribution in [0.1, 0.15) is 12.0 Å². The van der Waals surface area contributed by atoms with Crippen LogP contribution in [0.5, 0.6) is 0 Å². The first kappa shape index (κ1) is 21.8. The fourth-order valence-electron chi connectivity index (χ4n) is 2.87. The summed E-state index contributed by atoms with van der Waals surface area (Å²) in [5.41, 5.74) is 0.728. The van der Waals surface area contributed by atoms with Gasteiger partial charge in [0.05, 0.1) is 18.0 Å². The Bertz CT molecular complexity index is 986. The van der Waals surface area contributed by atoms with E-state index in [1.54, 1.807) is 24.5 Å². The summed E-state index contributed by atoms with van der Waals surface area (Å²) in [6, 6.07) is 7.90. The van der Waals surface area contributed by atoms with Crippen LogP contribution >= 0.6 is 0 Å². The molecular formula is C19H21FN4O5S. The molecule has 30 heavy (non-hydrogen) atoms. The molecule has 11 heteroatoms. The Balaban J connectivity index is 1.59. The molecule has 2 N–H and O–H groups in total. The van der Waals surface area contributed by atoms with Gasteiger partial charge in [-0.2, -0.15) is 4.31 Å². The van der Waals surface area contributed by atoms with E-state index >= 15 is 0 Å². The lowest BCUT2D eigenvalue weighted by atomic mass is 10.3. The highest BCUT2D eigenvalue weighted by atomic mass is 32.2. The standard InChI is InChI=1S/C19H21FN4O5S/c20-15-4-6-16(7-5-15)30(27,28)24-9-2-10-29-17(24)13-23-19(26)18(25)22-12-14-3-1-8-21-11-14/h1,3-8,11,17H,2,9-10,12-13H2,(H,22,25)(H,23,26)/t17-/m1/s1. The van der Waals surface area contributed by atoms with Gasteiger partial charge in [-0.1, -0.05) is 6.07 Å². The van der Waals surface area contributed by atoms with Crippen LogP contribution in [0.3, 0.4) is 0 Å². The molecular weight excluding hydrogens is 415 g/mol. The van der Waals surface area contributed by atoms with Gasteiger partial charge in [0, 0.05) is 25.5 Å². The highest BCUT2D eigenvalue weighted by Crippen LogP contribution is 2.22. The minimum absolute atomic E-state index is 0.0834. The number of amides is 2. The maximum Gasteiger partial charge on any atom is 0.309 e. The molecule has 0 radical (unpaired) electrons. The number of nitrogens with zero attached hydrogens (tertiary/aromatic N) is 2. The van der Waals surface area contributed by atoms with E-state index in [0.717, 1.165) is 22.0 Å². The molecule has 0 bridgehead atoms. The van der Waals surface area contributed by atoms with Crippen LogP contribution in [0, 0.1) is 5.82 Å². The number of benzene rings is 1. The quantitative estimate of drug-likeness (QED) is 0.633. The van der Waals surface area contributed by atoms with E-state index in [-0.39, 0.29) is 24.5 Å². The molecule has 0 saturated carbocycles. The van der Waals surface area contributed by atoms with Crippen molar-refractivity contribution in [2.45, 2.75) is 24.1 Å². The maximum atomic E-state index is 13.1. The number of aromatic nitrogens is 1. The summed E-state index contributed by atoms with van der Waals surface area (Å²) in [4.78, 5) is 27.9. The SMILES string of the molecule is O=C(NCc1cccnc1)C(=O)NC[C@H]1OCCCN1S(=O)(=O)c1ccc(F)cc1. The Morgan fingerprint density at radius 1 is 1.17 bits per heavy atom. The average molecular weight is 436 g/mol. The fraction of sp³-hybridized carbons (Fsp3) is 0.316. The summed E-state index contributed by atoms with van der Waals surface area (Å²) in [6.45, 7) is 0.404. The Hall–Kier alpha value is -2.89. The number of carbonyl (C=O) groups is 2. The summed E-state index contributed by atoms with van der Waals surface area (Å²) in [6.07, 6.45) is 2.64. The molecule has 1 saturated heterocycles. The number of hydrogen-bond donors (Lipinski definition) is 2. The zero-order valence-corrected chi connectivity index (χ0v) is 16.8. The van der Waals surface area contributed by atoms with Gasteiger partial charge in [0.15, 0.2) is 0 Å². The van der Waals surface area contributed by atoms with Gasteiger partial charge in [-0.05, 0) is 42.3 Å². The molecule has 1 aromatic carbocycles. The molecule has 1 aliphatic heterocycles. The fourth-order valence-corrected chi connectivity index (χ4v) is 4.44. The number of sulfonamides is 1. The lowest BCUT2D eigenvalue weighted by molar-refractivity contribution is -0.140. The number of pyridine rings is 1. The first-order valence-electron chi connectivity index (χ1n) is 9.22. The minimum atomic E-state index is -3.96. The minimum Gasteiger partial charge on any atom is -0.360 e. The molecule has 9 nitrogen and oxygen atoms in total.